The first-order chi connectivity index (χ1) is 8.31. The number of nitrogens with zero attached hydrogens (tertiary/aromatic N) is 3. The van der Waals surface area contributed by atoms with E-state index in [9.17, 15) is 0 Å². The first-order valence-corrected chi connectivity index (χ1v) is 6.03. The molecule has 0 fully saturated rings. The smallest absolute Gasteiger partial charge is 0.152 e. The molecule has 0 atom stereocenters. The fraction of sp³-hybridized carbons (Fsp3) is 0.538. The van der Waals surface area contributed by atoms with Crippen LogP contribution in [0.3, 0.4) is 0 Å². The quantitative estimate of drug-likeness (QED) is 0.570. The molecule has 0 saturated heterocycles. The molecule has 0 unspecified atom stereocenters. The molecule has 0 radical (unpaired) electrons. The lowest BCUT2D eigenvalue weighted by Gasteiger charge is -2.18. The second kappa shape index (κ2) is 7.64. The van der Waals surface area contributed by atoms with Gasteiger partial charge < -0.3 is 10.2 Å². The van der Waals surface area contributed by atoms with E-state index in [4.69, 9.17) is 6.42 Å². The summed E-state index contributed by atoms with van der Waals surface area (Å²) in [6.45, 7) is 7.37. The van der Waals surface area contributed by atoms with E-state index in [1.807, 2.05) is 17.0 Å². The van der Waals surface area contributed by atoms with Gasteiger partial charge in [0.25, 0.3) is 0 Å². The van der Waals surface area contributed by atoms with Crippen molar-refractivity contribution in [3.8, 4) is 12.3 Å². The molecule has 92 valence electrons. The van der Waals surface area contributed by atoms with Gasteiger partial charge in [0.15, 0.2) is 5.82 Å². The average molecular weight is 232 g/mol. The Balaban J connectivity index is 2.57. The Bertz CT molecular complexity index is 353. The van der Waals surface area contributed by atoms with E-state index in [1.165, 1.54) is 0 Å². The van der Waals surface area contributed by atoms with Crippen LogP contribution in [0.15, 0.2) is 12.1 Å². The lowest BCUT2D eigenvalue weighted by atomic mass is 10.3. The Labute approximate surface area is 103 Å². The van der Waals surface area contributed by atoms with Crippen molar-refractivity contribution in [2.24, 2.45) is 0 Å². The van der Waals surface area contributed by atoms with Crippen LogP contribution >= 0.6 is 0 Å². The minimum absolute atomic E-state index is 0.568. The number of rotatable bonds is 7. The zero-order valence-electron chi connectivity index (χ0n) is 10.6. The highest BCUT2D eigenvalue weighted by Crippen LogP contribution is 2.08. The maximum absolute atomic E-state index is 5.30. The standard InChI is InChI=1S/C13H20N4/c1-4-9-14-11-12-7-8-13(16-15-12)17(6-3)10-5-2/h2,7-8,14H,4,6,9-11H2,1,3H3. The fourth-order valence-electron chi connectivity index (χ4n) is 1.47. The highest BCUT2D eigenvalue weighted by atomic mass is 15.3. The molecular weight excluding hydrogens is 212 g/mol. The van der Waals surface area contributed by atoms with Crippen molar-refractivity contribution in [3.63, 3.8) is 0 Å². The number of aromatic nitrogens is 2. The molecule has 0 spiro atoms. The molecule has 0 aliphatic heterocycles. The average Bonchev–Trinajstić information content (AvgIpc) is 2.37. The topological polar surface area (TPSA) is 41.0 Å². The SMILES string of the molecule is C#CCN(CC)c1ccc(CNCCC)nn1. The first kappa shape index (κ1) is 13.5. The number of anilines is 1. The molecule has 4 nitrogen and oxygen atoms in total. The van der Waals surface area contributed by atoms with Gasteiger partial charge >= 0.3 is 0 Å². The first-order valence-electron chi connectivity index (χ1n) is 6.03. The van der Waals surface area contributed by atoms with E-state index in [-0.39, 0.29) is 0 Å². The minimum Gasteiger partial charge on any atom is -0.344 e. The van der Waals surface area contributed by atoms with Crippen LogP contribution in [-0.2, 0) is 6.54 Å². The van der Waals surface area contributed by atoms with Gasteiger partial charge in [-0.1, -0.05) is 12.8 Å². The lowest BCUT2D eigenvalue weighted by Crippen LogP contribution is -2.24. The van der Waals surface area contributed by atoms with Gasteiger partial charge in [0.05, 0.1) is 12.2 Å². The van der Waals surface area contributed by atoms with E-state index in [0.29, 0.717) is 6.54 Å². The van der Waals surface area contributed by atoms with Gasteiger partial charge in [-0.15, -0.1) is 11.5 Å². The summed E-state index contributed by atoms with van der Waals surface area (Å²) in [6, 6.07) is 3.96. The van der Waals surface area contributed by atoms with Crippen molar-refractivity contribution in [1.82, 2.24) is 15.5 Å². The fourth-order valence-corrected chi connectivity index (χ4v) is 1.47. The number of hydrogen-bond acceptors (Lipinski definition) is 4. The Morgan fingerprint density at radius 2 is 2.18 bits per heavy atom. The van der Waals surface area contributed by atoms with E-state index in [2.05, 4.69) is 35.3 Å². The maximum atomic E-state index is 5.30. The van der Waals surface area contributed by atoms with Crippen LogP contribution in [0.1, 0.15) is 26.0 Å². The van der Waals surface area contributed by atoms with Crippen molar-refractivity contribution >= 4 is 5.82 Å². The van der Waals surface area contributed by atoms with Gasteiger partial charge in [-0.05, 0) is 32.0 Å². The second-order valence-corrected chi connectivity index (χ2v) is 3.78. The van der Waals surface area contributed by atoms with Gasteiger partial charge in [-0.3, -0.25) is 0 Å². The van der Waals surface area contributed by atoms with Crippen molar-refractivity contribution in [2.75, 3.05) is 24.5 Å². The predicted molar refractivity (Wildman–Crippen MR) is 70.7 cm³/mol. The summed E-state index contributed by atoms with van der Waals surface area (Å²) in [5.41, 5.74) is 0.957. The van der Waals surface area contributed by atoms with Crippen LogP contribution in [0.25, 0.3) is 0 Å². The molecule has 0 amide bonds. The Morgan fingerprint density at radius 3 is 2.71 bits per heavy atom. The molecule has 1 N–H and O–H groups in total. The molecule has 0 aromatic carbocycles. The third-order valence-corrected chi connectivity index (χ3v) is 2.43. The minimum atomic E-state index is 0.568. The predicted octanol–water partition coefficient (Wildman–Crippen LogP) is 1.44. The Hall–Kier alpha value is -1.60. The second-order valence-electron chi connectivity index (χ2n) is 3.78. The third-order valence-electron chi connectivity index (χ3n) is 2.43. The summed E-state index contributed by atoms with van der Waals surface area (Å²) in [5.74, 6) is 3.46. The van der Waals surface area contributed by atoms with Crippen molar-refractivity contribution < 1.29 is 0 Å². The molecule has 1 aromatic rings. The normalized spacial score (nSPS) is 9.94. The summed E-state index contributed by atoms with van der Waals surface area (Å²) in [6.07, 6.45) is 6.43. The summed E-state index contributed by atoms with van der Waals surface area (Å²) >= 11 is 0. The van der Waals surface area contributed by atoms with Crippen LogP contribution in [0, 0.1) is 12.3 Å². The summed E-state index contributed by atoms with van der Waals surface area (Å²) in [5, 5.41) is 11.7. The van der Waals surface area contributed by atoms with Gasteiger partial charge in [0.1, 0.15) is 0 Å². The van der Waals surface area contributed by atoms with Gasteiger partial charge in [-0.25, -0.2) is 0 Å². The number of terminal acetylenes is 1. The number of nitrogens with one attached hydrogen (secondary N) is 1. The zero-order valence-corrected chi connectivity index (χ0v) is 10.6. The highest BCUT2D eigenvalue weighted by molar-refractivity contribution is 5.38. The monoisotopic (exact) mass is 232 g/mol. The highest BCUT2D eigenvalue weighted by Gasteiger charge is 2.04. The molecule has 1 aromatic heterocycles. The summed E-state index contributed by atoms with van der Waals surface area (Å²) < 4.78 is 0. The molecular formula is C13H20N4. The van der Waals surface area contributed by atoms with Crippen molar-refractivity contribution in [2.45, 2.75) is 26.8 Å². The van der Waals surface area contributed by atoms with Crippen LogP contribution in [0.4, 0.5) is 5.82 Å². The molecule has 0 aliphatic carbocycles. The van der Waals surface area contributed by atoms with Gasteiger partial charge in [-0.2, -0.15) is 5.10 Å². The Kier molecular flexibility index (Phi) is 6.05. The van der Waals surface area contributed by atoms with Gasteiger partial charge in [0.2, 0.25) is 0 Å². The van der Waals surface area contributed by atoms with Crippen LogP contribution in [-0.4, -0.2) is 29.8 Å². The van der Waals surface area contributed by atoms with E-state index in [0.717, 1.165) is 37.6 Å². The maximum Gasteiger partial charge on any atom is 0.152 e. The van der Waals surface area contributed by atoms with Gasteiger partial charge in [0, 0.05) is 13.1 Å². The van der Waals surface area contributed by atoms with Crippen LogP contribution in [0.2, 0.25) is 0 Å². The Morgan fingerprint density at radius 1 is 1.35 bits per heavy atom. The summed E-state index contributed by atoms with van der Waals surface area (Å²) in [7, 11) is 0. The van der Waals surface area contributed by atoms with Crippen molar-refractivity contribution in [1.29, 1.82) is 0 Å². The van der Waals surface area contributed by atoms with E-state index in [1.54, 1.807) is 0 Å². The third kappa shape index (κ3) is 4.41. The molecule has 0 saturated carbocycles. The summed E-state index contributed by atoms with van der Waals surface area (Å²) in [4.78, 5) is 2.01. The molecule has 0 bridgehead atoms. The van der Waals surface area contributed by atoms with E-state index >= 15 is 0 Å². The van der Waals surface area contributed by atoms with E-state index < -0.39 is 0 Å². The number of hydrogen-bond donors (Lipinski definition) is 1. The largest absolute Gasteiger partial charge is 0.344 e. The molecule has 4 heteroatoms. The van der Waals surface area contributed by atoms with Crippen LogP contribution < -0.4 is 10.2 Å². The molecule has 17 heavy (non-hydrogen) atoms. The molecule has 1 heterocycles. The molecule has 0 aliphatic rings. The molecule has 1 rings (SSSR count). The zero-order chi connectivity index (χ0) is 12.5. The van der Waals surface area contributed by atoms with Crippen molar-refractivity contribution in [3.05, 3.63) is 17.8 Å². The van der Waals surface area contributed by atoms with Crippen LogP contribution in [0.5, 0.6) is 0 Å². The lowest BCUT2D eigenvalue weighted by molar-refractivity contribution is 0.656.